The topological polar surface area (TPSA) is 108 Å². The van der Waals surface area contributed by atoms with E-state index in [0.717, 1.165) is 25.3 Å². The van der Waals surface area contributed by atoms with E-state index in [4.69, 9.17) is 5.26 Å². The van der Waals surface area contributed by atoms with Crippen LogP contribution in [0.1, 0.15) is 5.56 Å². The molecule has 0 aliphatic carbocycles. The highest BCUT2D eigenvalue weighted by molar-refractivity contribution is 7.91. The summed E-state index contributed by atoms with van der Waals surface area (Å²) in [6, 6.07) is 4.50. The highest BCUT2D eigenvalue weighted by Crippen LogP contribution is 2.16. The first-order chi connectivity index (χ1) is 8.38. The van der Waals surface area contributed by atoms with Crippen LogP contribution in [0.5, 0.6) is 0 Å². The minimum absolute atomic E-state index is 0.157. The highest BCUT2D eigenvalue weighted by atomic mass is 32.2. The molecule has 1 aromatic carbocycles. The average molecular weight is 273 g/mol. The molecule has 2 N–H and O–H groups in total. The smallest absolute Gasteiger partial charge is 0.422 e. The Hall–Kier alpha value is -2.34. The van der Waals surface area contributed by atoms with E-state index >= 15 is 0 Å². The van der Waals surface area contributed by atoms with Crippen molar-refractivity contribution >= 4 is 22.0 Å². The van der Waals surface area contributed by atoms with Crippen LogP contribution in [0.15, 0.2) is 18.2 Å². The lowest BCUT2D eigenvalue weighted by atomic mass is 10.2. The van der Waals surface area contributed by atoms with Crippen molar-refractivity contribution in [2.24, 2.45) is 0 Å². The lowest BCUT2D eigenvalue weighted by molar-refractivity contribution is 0.177. The van der Waals surface area contributed by atoms with E-state index in [0.29, 0.717) is 0 Å². The molecule has 7 nitrogen and oxygen atoms in total. The molecule has 0 heterocycles. The van der Waals surface area contributed by atoms with Crippen molar-refractivity contribution in [2.75, 3.05) is 11.8 Å². The third-order valence-corrected chi connectivity index (χ3v) is 2.67. The number of nitriles is 1. The van der Waals surface area contributed by atoms with E-state index in [9.17, 15) is 17.6 Å². The van der Waals surface area contributed by atoms with E-state index < -0.39 is 22.1 Å². The van der Waals surface area contributed by atoms with Gasteiger partial charge in [0.2, 0.25) is 0 Å². The number of methoxy groups -OCH3 is 1. The minimum Gasteiger partial charge on any atom is -0.452 e. The summed E-state index contributed by atoms with van der Waals surface area (Å²) in [6.07, 6.45) is -1.19. The van der Waals surface area contributed by atoms with Gasteiger partial charge in [-0.2, -0.15) is 13.7 Å². The fourth-order valence-electron chi connectivity index (χ4n) is 1.02. The van der Waals surface area contributed by atoms with Crippen molar-refractivity contribution in [3.63, 3.8) is 0 Å². The second kappa shape index (κ2) is 5.33. The molecule has 0 spiro atoms. The predicted octanol–water partition coefficient (Wildman–Crippen LogP) is 0.710. The van der Waals surface area contributed by atoms with Crippen molar-refractivity contribution in [2.45, 2.75) is 0 Å². The van der Waals surface area contributed by atoms with Crippen LogP contribution in [0.3, 0.4) is 0 Å². The van der Waals surface area contributed by atoms with E-state index in [1.54, 1.807) is 6.07 Å². The molecule has 0 aliphatic rings. The number of carbonyl (C=O) groups is 1. The molecule has 0 aromatic heterocycles. The number of amides is 1. The van der Waals surface area contributed by atoms with Gasteiger partial charge >= 0.3 is 16.3 Å². The summed E-state index contributed by atoms with van der Waals surface area (Å²) in [5.41, 5.74) is -0.374. The largest absolute Gasteiger partial charge is 0.452 e. The molecule has 0 fully saturated rings. The molecular weight excluding hydrogens is 265 g/mol. The summed E-state index contributed by atoms with van der Waals surface area (Å²) < 4.78 is 43.1. The van der Waals surface area contributed by atoms with Gasteiger partial charge in [-0.25, -0.2) is 13.9 Å². The second-order valence-electron chi connectivity index (χ2n) is 3.00. The third-order valence-electron chi connectivity index (χ3n) is 1.75. The van der Waals surface area contributed by atoms with Crippen LogP contribution in [-0.2, 0) is 14.9 Å². The minimum atomic E-state index is -4.24. The van der Waals surface area contributed by atoms with Crippen molar-refractivity contribution in [1.82, 2.24) is 4.72 Å². The molecule has 1 rings (SSSR count). The van der Waals surface area contributed by atoms with Gasteiger partial charge in [-0.05, 0) is 18.2 Å². The number of halogens is 1. The Bertz CT molecular complexity index is 609. The van der Waals surface area contributed by atoms with Gasteiger partial charge in [-0.15, -0.1) is 0 Å². The second-order valence-corrected chi connectivity index (χ2v) is 4.42. The maximum Gasteiger partial charge on any atom is 0.422 e. The van der Waals surface area contributed by atoms with Gasteiger partial charge in [-0.1, -0.05) is 0 Å². The van der Waals surface area contributed by atoms with E-state index in [2.05, 4.69) is 4.74 Å². The number of anilines is 1. The zero-order chi connectivity index (χ0) is 13.8. The van der Waals surface area contributed by atoms with Crippen molar-refractivity contribution < 1.29 is 22.3 Å². The molecule has 18 heavy (non-hydrogen) atoms. The number of ether oxygens (including phenoxy) is 1. The van der Waals surface area contributed by atoms with Gasteiger partial charge in [0, 0.05) is 0 Å². The van der Waals surface area contributed by atoms with E-state index in [-0.39, 0.29) is 11.3 Å². The Morgan fingerprint density at radius 3 is 2.72 bits per heavy atom. The number of hydrogen-bond acceptors (Lipinski definition) is 5. The lowest BCUT2D eigenvalue weighted by Crippen LogP contribution is -2.35. The van der Waals surface area contributed by atoms with E-state index in [1.807, 2.05) is 4.72 Å². The SMILES string of the molecule is COC(=O)NS(=O)(=O)Nc1ccc(F)cc1C#N. The van der Waals surface area contributed by atoms with Gasteiger partial charge in [0.15, 0.2) is 0 Å². The first-order valence-corrected chi connectivity index (χ1v) is 5.94. The molecule has 0 aliphatic heterocycles. The summed E-state index contributed by atoms with van der Waals surface area (Å²) >= 11 is 0. The van der Waals surface area contributed by atoms with Crippen LogP contribution >= 0.6 is 0 Å². The lowest BCUT2D eigenvalue weighted by Gasteiger charge is -2.09. The Morgan fingerprint density at radius 1 is 1.50 bits per heavy atom. The van der Waals surface area contributed by atoms with Crippen LogP contribution in [0.4, 0.5) is 14.9 Å². The number of carbonyl (C=O) groups excluding carboxylic acids is 1. The molecule has 0 saturated heterocycles. The van der Waals surface area contributed by atoms with Crippen LogP contribution in [0.2, 0.25) is 0 Å². The third kappa shape index (κ3) is 3.60. The van der Waals surface area contributed by atoms with Crippen molar-refractivity contribution in [3.05, 3.63) is 29.6 Å². The Morgan fingerprint density at radius 2 is 2.17 bits per heavy atom. The summed E-state index contributed by atoms with van der Waals surface area (Å²) in [5.74, 6) is -0.685. The Kier molecular flexibility index (Phi) is 4.06. The fraction of sp³-hybridized carbons (Fsp3) is 0.111. The van der Waals surface area contributed by atoms with Crippen LogP contribution in [-0.4, -0.2) is 21.6 Å². The summed E-state index contributed by atoms with van der Waals surface area (Å²) in [5, 5.41) is 8.70. The van der Waals surface area contributed by atoms with Gasteiger partial charge < -0.3 is 4.74 Å². The molecule has 1 amide bonds. The normalized spacial score (nSPS) is 10.3. The van der Waals surface area contributed by atoms with Crippen molar-refractivity contribution in [3.8, 4) is 6.07 Å². The van der Waals surface area contributed by atoms with Crippen LogP contribution in [0, 0.1) is 17.1 Å². The van der Waals surface area contributed by atoms with Crippen LogP contribution < -0.4 is 9.44 Å². The maximum absolute atomic E-state index is 12.8. The Labute approximate surface area is 102 Å². The standard InChI is InChI=1S/C9H8FN3O4S/c1-17-9(14)13-18(15,16)12-8-3-2-7(10)4-6(8)5-11/h2-4,12H,1H3,(H,13,14). The molecule has 0 saturated carbocycles. The fourth-order valence-corrected chi connectivity index (χ4v) is 1.84. The zero-order valence-electron chi connectivity index (χ0n) is 9.10. The molecule has 0 bridgehead atoms. The number of nitrogens with zero attached hydrogens (tertiary/aromatic N) is 1. The van der Waals surface area contributed by atoms with Gasteiger partial charge in [-0.3, -0.25) is 4.72 Å². The molecule has 1 aromatic rings. The van der Waals surface area contributed by atoms with Gasteiger partial charge in [0.25, 0.3) is 0 Å². The maximum atomic E-state index is 12.8. The first kappa shape index (κ1) is 13.7. The molecule has 0 radical (unpaired) electrons. The zero-order valence-corrected chi connectivity index (χ0v) is 9.91. The number of hydrogen-bond donors (Lipinski definition) is 2. The van der Waals surface area contributed by atoms with E-state index in [1.165, 1.54) is 4.72 Å². The first-order valence-electron chi connectivity index (χ1n) is 4.46. The van der Waals surface area contributed by atoms with Crippen LogP contribution in [0.25, 0.3) is 0 Å². The molecular formula is C9H8FN3O4S. The monoisotopic (exact) mass is 273 g/mol. The molecule has 9 heteroatoms. The molecule has 0 unspecified atom stereocenters. The Balaban J connectivity index is 2.98. The van der Waals surface area contributed by atoms with Gasteiger partial charge in [0.05, 0.1) is 18.4 Å². The molecule has 0 atom stereocenters. The predicted molar refractivity (Wildman–Crippen MR) is 59.2 cm³/mol. The summed E-state index contributed by atoms with van der Waals surface area (Å²) in [7, 11) is -3.25. The number of nitrogens with one attached hydrogen (secondary N) is 2. The summed E-state index contributed by atoms with van der Waals surface area (Å²) in [4.78, 5) is 10.7. The quantitative estimate of drug-likeness (QED) is 0.843. The number of benzene rings is 1. The van der Waals surface area contributed by atoms with Gasteiger partial charge in [0.1, 0.15) is 11.9 Å². The number of rotatable bonds is 3. The average Bonchev–Trinajstić information content (AvgIpc) is 2.30. The summed E-state index contributed by atoms with van der Waals surface area (Å²) in [6.45, 7) is 0. The highest BCUT2D eigenvalue weighted by Gasteiger charge is 2.16. The van der Waals surface area contributed by atoms with Crippen molar-refractivity contribution in [1.29, 1.82) is 5.26 Å². The molecule has 96 valence electrons.